The molecule has 1 fully saturated rings. The van der Waals surface area contributed by atoms with E-state index in [9.17, 15) is 14.4 Å². The van der Waals surface area contributed by atoms with E-state index in [2.05, 4.69) is 26.6 Å². The maximum absolute atomic E-state index is 12.5. The number of carbonyl (C=O) groups is 3. The highest BCUT2D eigenvalue weighted by Gasteiger charge is 2.34. The van der Waals surface area contributed by atoms with Gasteiger partial charge < -0.3 is 15.4 Å². The number of methoxy groups -OCH3 is 1. The quantitative estimate of drug-likeness (QED) is 0.548. The molecule has 0 unspecified atom stereocenters. The van der Waals surface area contributed by atoms with E-state index in [4.69, 9.17) is 4.74 Å². The molecule has 1 aliphatic rings. The van der Waals surface area contributed by atoms with E-state index in [1.165, 1.54) is 0 Å². The number of hydrogen-bond donors (Lipinski definition) is 2. The summed E-state index contributed by atoms with van der Waals surface area (Å²) < 4.78 is 5.89. The smallest absolute Gasteiger partial charge is 0.329 e. The number of rotatable bonds is 5. The minimum atomic E-state index is -0.636. The van der Waals surface area contributed by atoms with Gasteiger partial charge in [-0.15, -0.1) is 0 Å². The lowest BCUT2D eigenvalue weighted by Gasteiger charge is -2.12. The number of nitrogens with zero attached hydrogens (tertiary/aromatic N) is 1. The number of nitrogens with one attached hydrogen (secondary N) is 2. The van der Waals surface area contributed by atoms with E-state index in [-0.39, 0.29) is 12.2 Å². The predicted octanol–water partition coefficient (Wildman–Crippen LogP) is 3.30. The highest BCUT2D eigenvalue weighted by molar-refractivity contribution is 9.10. The zero-order valence-electron chi connectivity index (χ0n) is 15.3. The van der Waals surface area contributed by atoms with Gasteiger partial charge in [-0.25, -0.2) is 9.69 Å². The van der Waals surface area contributed by atoms with Crippen LogP contribution < -0.4 is 15.4 Å². The molecule has 2 N–H and O–H groups in total. The van der Waals surface area contributed by atoms with Gasteiger partial charge in [-0.3, -0.25) is 9.59 Å². The van der Waals surface area contributed by atoms with E-state index < -0.39 is 17.8 Å². The van der Waals surface area contributed by atoms with Crippen molar-refractivity contribution in [2.75, 3.05) is 19.0 Å². The average molecular weight is 444 g/mol. The van der Waals surface area contributed by atoms with E-state index in [1.54, 1.807) is 43.5 Å². The number of halogens is 1. The molecule has 0 bridgehead atoms. The Bertz CT molecular complexity index is 987. The molecule has 0 atom stereocenters. The van der Waals surface area contributed by atoms with Crippen LogP contribution in [0.2, 0.25) is 0 Å². The van der Waals surface area contributed by atoms with Crippen molar-refractivity contribution in [1.82, 2.24) is 10.2 Å². The van der Waals surface area contributed by atoms with Gasteiger partial charge in [0.05, 0.1) is 11.6 Å². The van der Waals surface area contributed by atoms with Gasteiger partial charge in [-0.1, -0.05) is 18.2 Å². The number of amides is 4. The molecular formula is C20H18BrN3O4. The summed E-state index contributed by atoms with van der Waals surface area (Å²) in [4.78, 5) is 37.8. The Labute approximate surface area is 170 Å². The maximum atomic E-state index is 12.5. The van der Waals surface area contributed by atoms with Gasteiger partial charge >= 0.3 is 6.03 Å². The second-order valence-corrected chi connectivity index (χ2v) is 7.05. The zero-order chi connectivity index (χ0) is 20.3. The number of hydrogen-bond acceptors (Lipinski definition) is 4. The Hall–Kier alpha value is -3.13. The van der Waals surface area contributed by atoms with Gasteiger partial charge in [-0.2, -0.15) is 0 Å². The minimum Gasteiger partial charge on any atom is -0.496 e. The maximum Gasteiger partial charge on any atom is 0.329 e. The van der Waals surface area contributed by atoms with E-state index in [0.717, 1.165) is 14.9 Å². The van der Waals surface area contributed by atoms with E-state index in [1.807, 2.05) is 19.1 Å². The topological polar surface area (TPSA) is 87.7 Å². The SMILES string of the molecule is COc1ccc(C=C2NC(=O)N(CC(=O)Nc3cccc(C)c3)C2=O)cc1Br. The third-order valence-electron chi connectivity index (χ3n) is 4.05. The molecule has 1 aliphatic heterocycles. The molecule has 0 radical (unpaired) electrons. The van der Waals surface area contributed by atoms with E-state index >= 15 is 0 Å². The average Bonchev–Trinajstić information content (AvgIpc) is 2.89. The fraction of sp³-hybridized carbons (Fsp3) is 0.150. The molecule has 1 saturated heterocycles. The lowest BCUT2D eigenvalue weighted by Crippen LogP contribution is -2.38. The monoisotopic (exact) mass is 443 g/mol. The Balaban J connectivity index is 1.71. The number of anilines is 1. The van der Waals surface area contributed by atoms with Gasteiger partial charge in [0.15, 0.2) is 0 Å². The number of aryl methyl sites for hydroxylation is 1. The molecule has 2 aromatic carbocycles. The fourth-order valence-electron chi connectivity index (χ4n) is 2.72. The molecule has 0 aliphatic carbocycles. The summed E-state index contributed by atoms with van der Waals surface area (Å²) in [6.45, 7) is 1.53. The second kappa shape index (κ2) is 8.26. The molecule has 1 heterocycles. The zero-order valence-corrected chi connectivity index (χ0v) is 16.9. The Kier molecular flexibility index (Phi) is 5.79. The molecular weight excluding hydrogens is 426 g/mol. The number of urea groups is 1. The van der Waals surface area contributed by atoms with Crippen molar-refractivity contribution >= 4 is 45.5 Å². The third kappa shape index (κ3) is 4.40. The van der Waals surface area contributed by atoms with Crippen molar-refractivity contribution in [3.8, 4) is 5.75 Å². The van der Waals surface area contributed by atoms with Crippen molar-refractivity contribution in [2.24, 2.45) is 0 Å². The molecule has 0 aromatic heterocycles. The summed E-state index contributed by atoms with van der Waals surface area (Å²) in [6.07, 6.45) is 1.54. The first-order valence-corrected chi connectivity index (χ1v) is 9.21. The molecule has 7 nitrogen and oxygen atoms in total. The number of imide groups is 1. The highest BCUT2D eigenvalue weighted by atomic mass is 79.9. The summed E-state index contributed by atoms with van der Waals surface area (Å²) >= 11 is 3.37. The molecule has 0 spiro atoms. The Morgan fingerprint density at radius 2 is 2.04 bits per heavy atom. The van der Waals surface area contributed by atoms with Crippen LogP contribution in [0.25, 0.3) is 6.08 Å². The van der Waals surface area contributed by atoms with Crippen LogP contribution in [0.15, 0.2) is 52.6 Å². The fourth-order valence-corrected chi connectivity index (χ4v) is 3.28. The molecule has 0 saturated carbocycles. The number of ether oxygens (including phenoxy) is 1. The van der Waals surface area contributed by atoms with Crippen molar-refractivity contribution in [3.05, 3.63) is 63.8 Å². The second-order valence-electron chi connectivity index (χ2n) is 6.19. The van der Waals surface area contributed by atoms with Crippen LogP contribution in [-0.2, 0) is 9.59 Å². The van der Waals surface area contributed by atoms with Crippen LogP contribution >= 0.6 is 15.9 Å². The highest BCUT2D eigenvalue weighted by Crippen LogP contribution is 2.27. The van der Waals surface area contributed by atoms with Gasteiger partial charge in [-0.05, 0) is 64.3 Å². The molecule has 144 valence electrons. The molecule has 2 aromatic rings. The number of benzene rings is 2. The summed E-state index contributed by atoms with van der Waals surface area (Å²) in [5.74, 6) is -0.364. The van der Waals surface area contributed by atoms with Gasteiger partial charge in [0, 0.05) is 5.69 Å². The largest absolute Gasteiger partial charge is 0.496 e. The van der Waals surface area contributed by atoms with Gasteiger partial charge in [0.25, 0.3) is 5.91 Å². The Morgan fingerprint density at radius 1 is 1.25 bits per heavy atom. The van der Waals surface area contributed by atoms with Crippen molar-refractivity contribution in [2.45, 2.75) is 6.92 Å². The molecule has 3 rings (SSSR count). The molecule has 4 amide bonds. The van der Waals surface area contributed by atoms with Crippen LogP contribution in [0.4, 0.5) is 10.5 Å². The summed E-state index contributed by atoms with van der Waals surface area (Å²) in [6, 6.07) is 11.9. The lowest BCUT2D eigenvalue weighted by molar-refractivity contribution is -0.127. The minimum absolute atomic E-state index is 0.102. The van der Waals surface area contributed by atoms with Gasteiger partial charge in [0.1, 0.15) is 18.0 Å². The van der Waals surface area contributed by atoms with Crippen LogP contribution in [-0.4, -0.2) is 36.4 Å². The van der Waals surface area contributed by atoms with Crippen molar-refractivity contribution in [3.63, 3.8) is 0 Å². The number of carbonyl (C=O) groups excluding carboxylic acids is 3. The standard InChI is InChI=1S/C20H18BrN3O4/c1-12-4-3-5-14(8-12)22-18(25)11-24-19(26)16(23-20(24)27)10-13-6-7-17(28-2)15(21)9-13/h3-10H,11H2,1-2H3,(H,22,25)(H,23,27). The normalized spacial score (nSPS) is 15.0. The van der Waals surface area contributed by atoms with Crippen molar-refractivity contribution < 1.29 is 19.1 Å². The van der Waals surface area contributed by atoms with Crippen LogP contribution in [0.3, 0.4) is 0 Å². The van der Waals surface area contributed by atoms with Crippen molar-refractivity contribution in [1.29, 1.82) is 0 Å². The van der Waals surface area contributed by atoms with Crippen LogP contribution in [0.1, 0.15) is 11.1 Å². The predicted molar refractivity (Wildman–Crippen MR) is 109 cm³/mol. The lowest BCUT2D eigenvalue weighted by atomic mass is 10.2. The summed E-state index contributed by atoms with van der Waals surface area (Å²) in [7, 11) is 1.55. The van der Waals surface area contributed by atoms with E-state index in [0.29, 0.717) is 17.0 Å². The molecule has 8 heteroatoms. The first-order valence-electron chi connectivity index (χ1n) is 8.42. The van der Waals surface area contributed by atoms with Gasteiger partial charge in [0.2, 0.25) is 5.91 Å². The summed E-state index contributed by atoms with van der Waals surface area (Å²) in [5.41, 5.74) is 2.40. The first kappa shape index (κ1) is 19.6. The summed E-state index contributed by atoms with van der Waals surface area (Å²) in [5, 5.41) is 5.18. The first-order chi connectivity index (χ1) is 13.4. The molecule has 28 heavy (non-hydrogen) atoms. The third-order valence-corrected chi connectivity index (χ3v) is 4.67. The van der Waals surface area contributed by atoms with Crippen LogP contribution in [0.5, 0.6) is 5.75 Å². The Morgan fingerprint density at radius 3 is 2.71 bits per heavy atom. The van der Waals surface area contributed by atoms with Crippen LogP contribution in [0, 0.1) is 6.92 Å².